The summed E-state index contributed by atoms with van der Waals surface area (Å²) in [6, 6.07) is 7.07. The number of aromatic nitrogens is 3. The average molecular weight is 570 g/mol. The summed E-state index contributed by atoms with van der Waals surface area (Å²) in [5, 5.41) is 18.4. The van der Waals surface area contributed by atoms with E-state index in [9.17, 15) is 29.3 Å². The van der Waals surface area contributed by atoms with Crippen molar-refractivity contribution < 1.29 is 33.6 Å². The Hall–Kier alpha value is -5.21. The highest BCUT2D eigenvalue weighted by atomic mass is 16.6. The lowest BCUT2D eigenvalue weighted by Gasteiger charge is -2.19. The molecule has 3 aromatic rings. The maximum atomic E-state index is 12.8. The van der Waals surface area contributed by atoms with Gasteiger partial charge < -0.3 is 29.2 Å². The topological polar surface area (TPSA) is 189 Å². The number of ether oxygens (including phenoxy) is 2. The highest BCUT2D eigenvalue weighted by Crippen LogP contribution is 2.17. The number of hydrogen-bond donors (Lipinski definition) is 3. The molecule has 0 aliphatic heterocycles. The number of hydrogen-bond acceptors (Lipinski definition) is 9. The smallest absolute Gasteiger partial charge is 0.412 e. The molecule has 218 valence electrons. The van der Waals surface area contributed by atoms with Crippen LogP contribution < -0.4 is 16.0 Å². The summed E-state index contributed by atoms with van der Waals surface area (Å²) in [6.07, 6.45) is 2.23. The molecule has 0 bridgehead atoms. The molecule has 0 saturated heterocycles. The molecule has 0 radical (unpaired) electrons. The molecule has 15 nitrogen and oxygen atoms in total. The van der Waals surface area contributed by atoms with Crippen LogP contribution in [0.5, 0.6) is 0 Å². The molecule has 3 N–H and O–H groups in total. The molecular weight excluding hydrogens is 538 g/mol. The summed E-state index contributed by atoms with van der Waals surface area (Å²) < 4.78 is 13.3. The van der Waals surface area contributed by atoms with Gasteiger partial charge >= 0.3 is 12.1 Å². The first-order valence-electron chi connectivity index (χ1n) is 12.4. The third kappa shape index (κ3) is 8.91. The van der Waals surface area contributed by atoms with Crippen molar-refractivity contribution >= 4 is 41.1 Å². The summed E-state index contributed by atoms with van der Waals surface area (Å²) >= 11 is 0. The Bertz CT molecular complexity index is 1450. The normalized spacial score (nSPS) is 11.0. The predicted octanol–water partition coefficient (Wildman–Crippen LogP) is 3.13. The van der Waals surface area contributed by atoms with Gasteiger partial charge in [0.25, 0.3) is 17.5 Å². The summed E-state index contributed by atoms with van der Waals surface area (Å²) in [5.41, 5.74) is 0.421. The second-order valence-electron chi connectivity index (χ2n) is 9.96. The van der Waals surface area contributed by atoms with Gasteiger partial charge in [-0.05, 0) is 44.5 Å². The van der Waals surface area contributed by atoms with E-state index in [4.69, 9.17) is 9.47 Å². The standard InChI is InChI=1S/C26H31N7O8/c1-26(2,3)41-25(37)28-17-12-19(31(4)13-17)23(35)30-20-14-32(5)22(29-20)24(36)27-11-10-21(34)40-15-16-6-8-18(9-7-16)33(38)39/h6-9,12-14H,10-11,15H2,1-5H3,(H,27,36)(H,28,37)(H,30,35). The third-order valence-electron chi connectivity index (χ3n) is 5.37. The fraction of sp³-hybridized carbons (Fsp3) is 0.346. The van der Waals surface area contributed by atoms with Crippen LogP contribution in [-0.2, 0) is 35.0 Å². The quantitative estimate of drug-likeness (QED) is 0.187. The van der Waals surface area contributed by atoms with Crippen LogP contribution >= 0.6 is 0 Å². The van der Waals surface area contributed by atoms with Gasteiger partial charge in [-0.2, -0.15) is 0 Å². The Balaban J connectivity index is 1.48. The van der Waals surface area contributed by atoms with E-state index in [0.717, 1.165) is 0 Å². The number of benzene rings is 1. The molecule has 2 heterocycles. The van der Waals surface area contributed by atoms with E-state index in [-0.39, 0.29) is 42.6 Å². The number of anilines is 2. The van der Waals surface area contributed by atoms with Gasteiger partial charge in [-0.15, -0.1) is 0 Å². The molecule has 15 heteroatoms. The lowest BCUT2D eigenvalue weighted by Crippen LogP contribution is -2.28. The van der Waals surface area contributed by atoms with Crippen LogP contribution in [0.25, 0.3) is 0 Å². The number of aryl methyl sites for hydroxylation is 2. The van der Waals surface area contributed by atoms with E-state index in [1.54, 1.807) is 41.1 Å². The number of nitrogens with zero attached hydrogens (tertiary/aromatic N) is 4. The number of imidazole rings is 1. The van der Waals surface area contributed by atoms with Crippen molar-refractivity contribution in [2.45, 2.75) is 39.4 Å². The molecule has 0 saturated carbocycles. The molecule has 3 rings (SSSR count). The van der Waals surface area contributed by atoms with Gasteiger partial charge in [0, 0.05) is 45.2 Å². The first kappa shape index (κ1) is 30.3. The minimum absolute atomic E-state index is 0.00119. The molecule has 0 atom stereocenters. The van der Waals surface area contributed by atoms with Crippen molar-refractivity contribution in [1.82, 2.24) is 19.4 Å². The Morgan fingerprint density at radius 1 is 1.00 bits per heavy atom. The van der Waals surface area contributed by atoms with E-state index < -0.39 is 34.4 Å². The second kappa shape index (κ2) is 12.8. The van der Waals surface area contributed by atoms with Crippen molar-refractivity contribution in [2.24, 2.45) is 14.1 Å². The van der Waals surface area contributed by atoms with Crippen LogP contribution in [0.1, 0.15) is 53.9 Å². The summed E-state index contributed by atoms with van der Waals surface area (Å²) in [4.78, 5) is 63.7. The third-order valence-corrected chi connectivity index (χ3v) is 5.37. The number of rotatable bonds is 10. The zero-order valence-electron chi connectivity index (χ0n) is 23.2. The molecule has 2 aromatic heterocycles. The Morgan fingerprint density at radius 2 is 1.68 bits per heavy atom. The van der Waals surface area contributed by atoms with Crippen molar-refractivity contribution in [3.63, 3.8) is 0 Å². The van der Waals surface area contributed by atoms with Gasteiger partial charge in [0.2, 0.25) is 5.82 Å². The zero-order valence-corrected chi connectivity index (χ0v) is 23.2. The largest absolute Gasteiger partial charge is 0.461 e. The van der Waals surface area contributed by atoms with Crippen molar-refractivity contribution in [3.8, 4) is 0 Å². The average Bonchev–Trinajstić information content (AvgIpc) is 3.42. The summed E-state index contributed by atoms with van der Waals surface area (Å²) in [7, 11) is 3.20. The molecule has 0 unspecified atom stereocenters. The van der Waals surface area contributed by atoms with Crippen LogP contribution in [0.4, 0.5) is 22.0 Å². The van der Waals surface area contributed by atoms with Crippen LogP contribution in [0, 0.1) is 10.1 Å². The number of nitrogens with one attached hydrogen (secondary N) is 3. The molecule has 0 aliphatic carbocycles. The Kier molecular flexibility index (Phi) is 9.44. The van der Waals surface area contributed by atoms with Crippen LogP contribution in [0.3, 0.4) is 0 Å². The second-order valence-corrected chi connectivity index (χ2v) is 9.96. The number of nitro groups is 1. The number of carbonyl (C=O) groups is 4. The van der Waals surface area contributed by atoms with Crippen LogP contribution in [-0.4, -0.2) is 55.1 Å². The minimum atomic E-state index is -0.678. The van der Waals surface area contributed by atoms with E-state index in [2.05, 4.69) is 20.9 Å². The first-order valence-corrected chi connectivity index (χ1v) is 12.4. The van der Waals surface area contributed by atoms with E-state index in [1.807, 2.05) is 0 Å². The molecule has 41 heavy (non-hydrogen) atoms. The lowest BCUT2D eigenvalue weighted by molar-refractivity contribution is -0.384. The molecule has 1 aromatic carbocycles. The molecule has 3 amide bonds. The fourth-order valence-electron chi connectivity index (χ4n) is 3.51. The molecule has 0 spiro atoms. The van der Waals surface area contributed by atoms with E-state index in [1.165, 1.54) is 45.7 Å². The number of nitro benzene ring substituents is 1. The maximum absolute atomic E-state index is 12.8. The van der Waals surface area contributed by atoms with Gasteiger partial charge in [-0.25, -0.2) is 9.78 Å². The Morgan fingerprint density at radius 3 is 2.32 bits per heavy atom. The zero-order chi connectivity index (χ0) is 30.3. The first-order chi connectivity index (χ1) is 19.2. The highest BCUT2D eigenvalue weighted by Gasteiger charge is 2.20. The number of carbonyl (C=O) groups excluding carboxylic acids is 4. The molecular formula is C26H31N7O8. The SMILES string of the molecule is Cn1cc(NC(=O)OC(C)(C)C)cc1C(=O)Nc1cn(C)c(C(=O)NCCC(=O)OCc2ccc([N+](=O)[O-])cc2)n1. The van der Waals surface area contributed by atoms with Crippen molar-refractivity contribution in [3.05, 3.63) is 69.9 Å². The fourth-order valence-corrected chi connectivity index (χ4v) is 3.51. The van der Waals surface area contributed by atoms with Crippen molar-refractivity contribution in [1.29, 1.82) is 0 Å². The lowest BCUT2D eigenvalue weighted by atomic mass is 10.2. The predicted molar refractivity (Wildman–Crippen MR) is 146 cm³/mol. The van der Waals surface area contributed by atoms with E-state index >= 15 is 0 Å². The minimum Gasteiger partial charge on any atom is -0.461 e. The summed E-state index contributed by atoms with van der Waals surface area (Å²) in [5.74, 6) is -1.55. The molecule has 0 aliphatic rings. The molecule has 0 fully saturated rings. The summed E-state index contributed by atoms with van der Waals surface area (Å²) in [6.45, 7) is 5.12. The van der Waals surface area contributed by atoms with E-state index in [0.29, 0.717) is 11.3 Å². The monoisotopic (exact) mass is 569 g/mol. The van der Waals surface area contributed by atoms with Gasteiger partial charge in [0.15, 0.2) is 5.82 Å². The van der Waals surface area contributed by atoms with Crippen LogP contribution in [0.2, 0.25) is 0 Å². The number of esters is 1. The number of amides is 3. The number of non-ortho nitro benzene ring substituents is 1. The van der Waals surface area contributed by atoms with Gasteiger partial charge in [0.05, 0.1) is 17.0 Å². The highest BCUT2D eigenvalue weighted by molar-refractivity contribution is 6.04. The van der Waals surface area contributed by atoms with Crippen LogP contribution in [0.15, 0.2) is 42.7 Å². The van der Waals surface area contributed by atoms with Gasteiger partial charge in [-0.1, -0.05) is 0 Å². The Labute approximate surface area is 235 Å². The van der Waals surface area contributed by atoms with Gasteiger partial charge in [0.1, 0.15) is 17.9 Å². The maximum Gasteiger partial charge on any atom is 0.412 e. The van der Waals surface area contributed by atoms with Crippen molar-refractivity contribution in [2.75, 3.05) is 17.2 Å². The van der Waals surface area contributed by atoms with Gasteiger partial charge in [-0.3, -0.25) is 29.8 Å².